The van der Waals surface area contributed by atoms with E-state index in [2.05, 4.69) is 11.9 Å². The van der Waals surface area contributed by atoms with E-state index in [9.17, 15) is 9.59 Å². The molecule has 0 saturated heterocycles. The summed E-state index contributed by atoms with van der Waals surface area (Å²) in [6.07, 6.45) is 1.71. The molecule has 0 saturated carbocycles. The van der Waals surface area contributed by atoms with E-state index in [0.717, 1.165) is 16.1 Å². The minimum Gasteiger partial charge on any atom is -0.370 e. The van der Waals surface area contributed by atoms with Crippen LogP contribution in [0.2, 0.25) is 0 Å². The van der Waals surface area contributed by atoms with Crippen LogP contribution in [0.4, 0.5) is 0 Å². The highest BCUT2D eigenvalue weighted by Crippen LogP contribution is 2.22. The third-order valence-corrected chi connectivity index (χ3v) is 4.20. The number of rotatable bonds is 5. The summed E-state index contributed by atoms with van der Waals surface area (Å²) in [7, 11) is 0. The first-order valence-electron chi connectivity index (χ1n) is 6.37. The van der Waals surface area contributed by atoms with Crippen LogP contribution >= 0.6 is 11.3 Å². The summed E-state index contributed by atoms with van der Waals surface area (Å²) in [5, 5.41) is 0.642. The second-order valence-electron chi connectivity index (χ2n) is 4.34. The van der Waals surface area contributed by atoms with Crippen LogP contribution in [-0.2, 0) is 24.2 Å². The number of thiophene rings is 1. The van der Waals surface area contributed by atoms with Gasteiger partial charge in [-0.25, -0.2) is 4.98 Å². The number of fused-ring (bicyclic) bond motifs is 1. The molecule has 0 bridgehead atoms. The Morgan fingerprint density at radius 2 is 2.16 bits per heavy atom. The number of amides is 1. The second-order valence-corrected chi connectivity index (χ2v) is 5.45. The van der Waals surface area contributed by atoms with Crippen molar-refractivity contribution in [1.29, 1.82) is 0 Å². The molecule has 0 fully saturated rings. The van der Waals surface area contributed by atoms with E-state index in [4.69, 9.17) is 5.73 Å². The minimum absolute atomic E-state index is 0.0703. The SMILES string of the molecule is CCc1cc2c(=O)n(CCC(N)=O)c(CC)nc2s1. The van der Waals surface area contributed by atoms with Gasteiger partial charge in [-0.15, -0.1) is 11.3 Å². The third kappa shape index (κ3) is 2.68. The maximum Gasteiger partial charge on any atom is 0.262 e. The summed E-state index contributed by atoms with van der Waals surface area (Å²) < 4.78 is 1.57. The van der Waals surface area contributed by atoms with Gasteiger partial charge in [0, 0.05) is 24.3 Å². The summed E-state index contributed by atoms with van der Waals surface area (Å²) >= 11 is 1.56. The highest BCUT2D eigenvalue weighted by Gasteiger charge is 2.13. The fourth-order valence-electron chi connectivity index (χ4n) is 2.00. The number of primary amides is 1. The molecule has 0 aliphatic carbocycles. The van der Waals surface area contributed by atoms with Crippen molar-refractivity contribution >= 4 is 27.5 Å². The van der Waals surface area contributed by atoms with Crippen LogP contribution in [0.25, 0.3) is 10.2 Å². The molecule has 2 aromatic heterocycles. The van der Waals surface area contributed by atoms with Gasteiger partial charge in [0.25, 0.3) is 5.56 Å². The Balaban J connectivity index is 2.57. The minimum atomic E-state index is -0.409. The maximum atomic E-state index is 12.4. The van der Waals surface area contributed by atoms with Crippen molar-refractivity contribution in [2.45, 2.75) is 39.7 Å². The summed E-state index contributed by atoms with van der Waals surface area (Å²) in [6.45, 7) is 4.30. The van der Waals surface area contributed by atoms with Gasteiger partial charge in [0.1, 0.15) is 10.7 Å². The lowest BCUT2D eigenvalue weighted by atomic mass is 10.3. The zero-order valence-corrected chi connectivity index (χ0v) is 11.9. The number of hydrogen-bond donors (Lipinski definition) is 1. The topological polar surface area (TPSA) is 78.0 Å². The van der Waals surface area contributed by atoms with Gasteiger partial charge >= 0.3 is 0 Å². The number of hydrogen-bond acceptors (Lipinski definition) is 4. The fourth-order valence-corrected chi connectivity index (χ4v) is 2.98. The van der Waals surface area contributed by atoms with Gasteiger partial charge < -0.3 is 5.73 Å². The number of nitrogens with two attached hydrogens (primary N) is 1. The van der Waals surface area contributed by atoms with E-state index >= 15 is 0 Å². The van der Waals surface area contributed by atoms with Crippen LogP contribution in [0.15, 0.2) is 10.9 Å². The molecule has 2 rings (SSSR count). The fraction of sp³-hybridized carbons (Fsp3) is 0.462. The average Bonchev–Trinajstić information content (AvgIpc) is 2.80. The van der Waals surface area contributed by atoms with Gasteiger partial charge in [-0.2, -0.15) is 0 Å². The number of carbonyl (C=O) groups excluding carboxylic acids is 1. The van der Waals surface area contributed by atoms with Crippen LogP contribution in [0.3, 0.4) is 0 Å². The van der Waals surface area contributed by atoms with Crippen molar-refractivity contribution in [3.05, 3.63) is 27.1 Å². The van der Waals surface area contributed by atoms with Crippen molar-refractivity contribution in [2.24, 2.45) is 5.73 Å². The number of nitrogens with zero attached hydrogens (tertiary/aromatic N) is 2. The van der Waals surface area contributed by atoms with Crippen LogP contribution < -0.4 is 11.3 Å². The Labute approximate surface area is 115 Å². The molecule has 2 N–H and O–H groups in total. The lowest BCUT2D eigenvalue weighted by Gasteiger charge is -2.09. The van der Waals surface area contributed by atoms with Crippen LogP contribution in [-0.4, -0.2) is 15.5 Å². The molecule has 2 heterocycles. The first kappa shape index (κ1) is 13.7. The highest BCUT2D eigenvalue weighted by atomic mass is 32.1. The molecule has 0 spiro atoms. The van der Waals surface area contributed by atoms with Crippen LogP contribution in [0.1, 0.15) is 31.0 Å². The van der Waals surface area contributed by atoms with E-state index in [0.29, 0.717) is 24.2 Å². The molecule has 0 radical (unpaired) electrons. The van der Waals surface area contributed by atoms with E-state index in [1.807, 2.05) is 13.0 Å². The molecule has 0 atom stereocenters. The highest BCUT2D eigenvalue weighted by molar-refractivity contribution is 7.18. The summed E-state index contributed by atoms with van der Waals surface area (Å²) in [6, 6.07) is 1.90. The van der Waals surface area contributed by atoms with Crippen LogP contribution in [0, 0.1) is 0 Å². The van der Waals surface area contributed by atoms with Crippen molar-refractivity contribution in [3.8, 4) is 0 Å². The molecule has 1 amide bonds. The summed E-state index contributed by atoms with van der Waals surface area (Å²) in [4.78, 5) is 29.8. The lowest BCUT2D eigenvalue weighted by Crippen LogP contribution is -2.27. The Hall–Kier alpha value is -1.69. The molecule has 6 heteroatoms. The largest absolute Gasteiger partial charge is 0.370 e. The predicted octanol–water partition coefficient (Wildman–Crippen LogP) is 1.46. The zero-order chi connectivity index (χ0) is 14.0. The average molecular weight is 279 g/mol. The number of carbonyl (C=O) groups is 1. The number of aromatic nitrogens is 2. The third-order valence-electron chi connectivity index (χ3n) is 3.03. The molecular formula is C13H17N3O2S. The predicted molar refractivity (Wildman–Crippen MR) is 76.4 cm³/mol. The summed E-state index contributed by atoms with van der Waals surface area (Å²) in [5.41, 5.74) is 5.08. The quantitative estimate of drug-likeness (QED) is 0.900. The van der Waals surface area contributed by atoms with E-state index in [-0.39, 0.29) is 12.0 Å². The first-order valence-corrected chi connectivity index (χ1v) is 7.18. The van der Waals surface area contributed by atoms with E-state index in [1.165, 1.54) is 0 Å². The molecular weight excluding hydrogens is 262 g/mol. The molecule has 0 aliphatic heterocycles. The van der Waals surface area contributed by atoms with Crippen molar-refractivity contribution in [3.63, 3.8) is 0 Å². The van der Waals surface area contributed by atoms with E-state index in [1.54, 1.807) is 15.9 Å². The molecule has 0 aromatic carbocycles. The first-order chi connectivity index (χ1) is 9.06. The van der Waals surface area contributed by atoms with Gasteiger partial charge in [-0.05, 0) is 12.5 Å². The van der Waals surface area contributed by atoms with Gasteiger partial charge in [0.2, 0.25) is 5.91 Å². The van der Waals surface area contributed by atoms with Crippen molar-refractivity contribution in [2.75, 3.05) is 0 Å². The lowest BCUT2D eigenvalue weighted by molar-refractivity contribution is -0.118. The van der Waals surface area contributed by atoms with Crippen molar-refractivity contribution < 1.29 is 4.79 Å². The normalized spacial score (nSPS) is 11.1. The molecule has 102 valence electrons. The maximum absolute atomic E-state index is 12.4. The standard InChI is InChI=1S/C13H17N3O2S/c1-3-8-7-9-12(19-8)15-11(4-2)16(13(9)18)6-5-10(14)17/h7H,3-6H2,1-2H3,(H2,14,17). The monoisotopic (exact) mass is 279 g/mol. The molecule has 5 nitrogen and oxygen atoms in total. The molecule has 2 aromatic rings. The van der Waals surface area contributed by atoms with Crippen LogP contribution in [0.5, 0.6) is 0 Å². The Bertz CT molecular complexity index is 672. The Morgan fingerprint density at radius 1 is 1.42 bits per heavy atom. The summed E-state index contributed by atoms with van der Waals surface area (Å²) in [5.74, 6) is 0.303. The second kappa shape index (κ2) is 5.52. The van der Waals surface area contributed by atoms with E-state index < -0.39 is 5.91 Å². The van der Waals surface area contributed by atoms with Gasteiger partial charge in [0.15, 0.2) is 0 Å². The Kier molecular flexibility index (Phi) is 3.99. The number of aryl methyl sites for hydroxylation is 2. The molecule has 0 unspecified atom stereocenters. The van der Waals surface area contributed by atoms with Crippen molar-refractivity contribution in [1.82, 2.24) is 9.55 Å². The van der Waals surface area contributed by atoms with Gasteiger partial charge in [0.05, 0.1) is 5.39 Å². The zero-order valence-electron chi connectivity index (χ0n) is 11.1. The molecule has 19 heavy (non-hydrogen) atoms. The Morgan fingerprint density at radius 3 is 2.74 bits per heavy atom. The van der Waals surface area contributed by atoms with Gasteiger partial charge in [-0.3, -0.25) is 14.2 Å². The van der Waals surface area contributed by atoms with Gasteiger partial charge in [-0.1, -0.05) is 13.8 Å². The smallest absolute Gasteiger partial charge is 0.262 e. The molecule has 0 aliphatic rings.